The van der Waals surface area contributed by atoms with Crippen molar-refractivity contribution in [2.75, 3.05) is 0 Å². The molecule has 0 fully saturated rings. The first kappa shape index (κ1) is 11.7. The van der Waals surface area contributed by atoms with Gasteiger partial charge in [0.25, 0.3) is 0 Å². The minimum Gasteiger partial charge on any atom is -0.218 e. The highest BCUT2D eigenvalue weighted by Crippen LogP contribution is 2.27. The molecule has 0 N–H and O–H groups in total. The minimum atomic E-state index is 0.623. The van der Waals surface area contributed by atoms with Crippen LogP contribution in [-0.2, 0) is 6.42 Å². The number of para-hydroxylation sites is 1. The van der Waals surface area contributed by atoms with Crippen molar-refractivity contribution in [2.45, 2.75) is 19.8 Å². The Morgan fingerprint density at radius 1 is 1.33 bits per heavy atom. The van der Waals surface area contributed by atoms with E-state index in [2.05, 4.69) is 23.1 Å². The van der Waals surface area contributed by atoms with Gasteiger partial charge < -0.3 is 0 Å². The number of halogens is 1. The zero-order valence-corrected chi connectivity index (χ0v) is 11.5. The van der Waals surface area contributed by atoms with E-state index in [4.69, 9.17) is 11.6 Å². The van der Waals surface area contributed by atoms with Crippen LogP contribution in [0.25, 0.3) is 15.3 Å². The molecule has 3 aromatic rings. The third kappa shape index (κ3) is 2.02. The van der Waals surface area contributed by atoms with Crippen LogP contribution in [0, 0.1) is 0 Å². The van der Waals surface area contributed by atoms with Crippen LogP contribution in [0.15, 0.2) is 30.3 Å². The van der Waals surface area contributed by atoms with Crippen LogP contribution in [0.5, 0.6) is 0 Å². The standard InChI is InChI=1S/C13H12ClN3S/c1-2-5-9-8-12(14)17(16-9)13-15-10-6-3-4-7-11(10)18-13/h3-4,6-8H,2,5H2,1H3. The molecule has 0 bridgehead atoms. The molecular weight excluding hydrogens is 266 g/mol. The molecule has 0 aliphatic carbocycles. The van der Waals surface area contributed by atoms with Gasteiger partial charge in [0.2, 0.25) is 5.13 Å². The van der Waals surface area contributed by atoms with Gasteiger partial charge in [0.15, 0.2) is 0 Å². The predicted molar refractivity (Wildman–Crippen MR) is 75.7 cm³/mol. The maximum Gasteiger partial charge on any atom is 0.212 e. The average Bonchev–Trinajstić information content (AvgIpc) is 2.92. The first-order valence-corrected chi connectivity index (χ1v) is 7.08. The zero-order chi connectivity index (χ0) is 12.5. The molecule has 0 aliphatic heterocycles. The van der Waals surface area contributed by atoms with Gasteiger partial charge in [0, 0.05) is 0 Å². The van der Waals surface area contributed by atoms with Crippen LogP contribution < -0.4 is 0 Å². The summed E-state index contributed by atoms with van der Waals surface area (Å²) in [5.74, 6) is 0. The third-order valence-corrected chi connectivity index (χ3v) is 3.97. The fourth-order valence-corrected chi connectivity index (χ4v) is 3.09. The quantitative estimate of drug-likeness (QED) is 0.722. The van der Waals surface area contributed by atoms with E-state index in [9.17, 15) is 0 Å². The van der Waals surface area contributed by atoms with Crippen LogP contribution in [0.2, 0.25) is 5.15 Å². The number of nitrogens with zero attached hydrogens (tertiary/aromatic N) is 3. The lowest BCUT2D eigenvalue weighted by molar-refractivity contribution is 0.804. The van der Waals surface area contributed by atoms with Crippen molar-refractivity contribution in [3.63, 3.8) is 0 Å². The van der Waals surface area contributed by atoms with E-state index in [0.29, 0.717) is 5.15 Å². The van der Waals surface area contributed by atoms with Crippen molar-refractivity contribution in [1.82, 2.24) is 14.8 Å². The summed E-state index contributed by atoms with van der Waals surface area (Å²) in [6.07, 6.45) is 2.00. The summed E-state index contributed by atoms with van der Waals surface area (Å²) in [4.78, 5) is 4.55. The van der Waals surface area contributed by atoms with Crippen LogP contribution >= 0.6 is 22.9 Å². The summed E-state index contributed by atoms with van der Waals surface area (Å²) < 4.78 is 2.87. The largest absolute Gasteiger partial charge is 0.218 e. The number of hydrogen-bond acceptors (Lipinski definition) is 3. The van der Waals surface area contributed by atoms with E-state index in [0.717, 1.165) is 33.9 Å². The molecule has 3 rings (SSSR count). The summed E-state index contributed by atoms with van der Waals surface area (Å²) in [5, 5.41) is 5.94. The summed E-state index contributed by atoms with van der Waals surface area (Å²) in [7, 11) is 0. The van der Waals surface area contributed by atoms with Crippen LogP contribution in [0.4, 0.5) is 0 Å². The Hall–Kier alpha value is -1.39. The number of rotatable bonds is 3. The maximum atomic E-state index is 6.21. The van der Waals surface area contributed by atoms with E-state index in [-0.39, 0.29) is 0 Å². The Morgan fingerprint density at radius 3 is 2.94 bits per heavy atom. The molecule has 92 valence electrons. The number of fused-ring (bicyclic) bond motifs is 1. The number of hydrogen-bond donors (Lipinski definition) is 0. The topological polar surface area (TPSA) is 30.7 Å². The molecule has 0 atom stereocenters. The second-order valence-corrected chi connectivity index (χ2v) is 5.48. The Labute approximate surface area is 114 Å². The van der Waals surface area contributed by atoms with E-state index < -0.39 is 0 Å². The molecule has 1 aromatic carbocycles. The van der Waals surface area contributed by atoms with E-state index in [1.165, 1.54) is 0 Å². The van der Waals surface area contributed by atoms with Gasteiger partial charge >= 0.3 is 0 Å². The highest BCUT2D eigenvalue weighted by atomic mass is 35.5. The van der Waals surface area contributed by atoms with Crippen molar-refractivity contribution in [3.8, 4) is 5.13 Å². The van der Waals surface area contributed by atoms with E-state index in [1.54, 1.807) is 16.0 Å². The van der Waals surface area contributed by atoms with Crippen LogP contribution in [0.3, 0.4) is 0 Å². The van der Waals surface area contributed by atoms with Gasteiger partial charge in [-0.3, -0.25) is 0 Å². The van der Waals surface area contributed by atoms with Crippen molar-refractivity contribution in [3.05, 3.63) is 41.2 Å². The van der Waals surface area contributed by atoms with Gasteiger partial charge in [-0.05, 0) is 24.6 Å². The molecule has 3 nitrogen and oxygen atoms in total. The SMILES string of the molecule is CCCc1cc(Cl)n(-c2nc3ccccc3s2)n1. The van der Waals surface area contributed by atoms with Gasteiger partial charge in [-0.1, -0.05) is 48.4 Å². The van der Waals surface area contributed by atoms with Crippen LogP contribution in [0.1, 0.15) is 19.0 Å². The Kier molecular flexibility index (Phi) is 3.06. The smallest absolute Gasteiger partial charge is 0.212 e. The molecule has 18 heavy (non-hydrogen) atoms. The first-order chi connectivity index (χ1) is 8.78. The lowest BCUT2D eigenvalue weighted by Crippen LogP contribution is -1.96. The molecular formula is C13H12ClN3S. The molecule has 5 heteroatoms. The summed E-state index contributed by atoms with van der Waals surface area (Å²) >= 11 is 7.81. The monoisotopic (exact) mass is 277 g/mol. The number of thiazole rings is 1. The first-order valence-electron chi connectivity index (χ1n) is 5.88. The summed E-state index contributed by atoms with van der Waals surface area (Å²) in [6.45, 7) is 2.13. The number of aryl methyl sites for hydroxylation is 1. The molecule has 0 spiro atoms. The van der Waals surface area contributed by atoms with Crippen molar-refractivity contribution >= 4 is 33.2 Å². The van der Waals surface area contributed by atoms with E-state index in [1.807, 2.05) is 24.3 Å². The van der Waals surface area contributed by atoms with Crippen LogP contribution in [-0.4, -0.2) is 14.8 Å². The number of aromatic nitrogens is 3. The molecule has 0 saturated heterocycles. The average molecular weight is 278 g/mol. The van der Waals surface area contributed by atoms with Gasteiger partial charge in [0.1, 0.15) is 5.15 Å². The van der Waals surface area contributed by atoms with Gasteiger partial charge in [-0.15, -0.1) is 0 Å². The normalized spacial score (nSPS) is 11.2. The molecule has 0 amide bonds. The molecule has 2 aromatic heterocycles. The van der Waals surface area contributed by atoms with Gasteiger partial charge in [-0.25, -0.2) is 4.98 Å². The Morgan fingerprint density at radius 2 is 2.17 bits per heavy atom. The lowest BCUT2D eigenvalue weighted by atomic mass is 10.3. The summed E-state index contributed by atoms with van der Waals surface area (Å²) in [6, 6.07) is 9.97. The second kappa shape index (κ2) is 4.71. The molecule has 0 saturated carbocycles. The van der Waals surface area contributed by atoms with Crippen molar-refractivity contribution in [1.29, 1.82) is 0 Å². The van der Waals surface area contributed by atoms with E-state index >= 15 is 0 Å². The van der Waals surface area contributed by atoms with Crippen molar-refractivity contribution in [2.24, 2.45) is 0 Å². The molecule has 2 heterocycles. The highest BCUT2D eigenvalue weighted by Gasteiger charge is 2.11. The lowest BCUT2D eigenvalue weighted by Gasteiger charge is -1.95. The maximum absolute atomic E-state index is 6.21. The molecule has 0 radical (unpaired) electrons. The van der Waals surface area contributed by atoms with Crippen molar-refractivity contribution < 1.29 is 0 Å². The zero-order valence-electron chi connectivity index (χ0n) is 9.93. The third-order valence-electron chi connectivity index (χ3n) is 2.69. The highest BCUT2D eigenvalue weighted by molar-refractivity contribution is 7.20. The Balaban J connectivity index is 2.08. The summed E-state index contributed by atoms with van der Waals surface area (Å²) in [5.41, 5.74) is 2.00. The molecule has 0 aliphatic rings. The number of benzene rings is 1. The predicted octanol–water partition coefficient (Wildman–Crippen LogP) is 4.09. The fraction of sp³-hybridized carbons (Fsp3) is 0.231. The second-order valence-electron chi connectivity index (χ2n) is 4.08. The Bertz CT molecular complexity index is 653. The molecule has 0 unspecified atom stereocenters. The van der Waals surface area contributed by atoms with Gasteiger partial charge in [-0.2, -0.15) is 9.78 Å². The van der Waals surface area contributed by atoms with Gasteiger partial charge in [0.05, 0.1) is 15.9 Å². The fourth-order valence-electron chi connectivity index (χ4n) is 1.87. The minimum absolute atomic E-state index is 0.623.